The lowest BCUT2D eigenvalue weighted by Gasteiger charge is -2.28. The van der Waals surface area contributed by atoms with E-state index in [0.717, 1.165) is 44.7 Å². The van der Waals surface area contributed by atoms with Gasteiger partial charge in [0.25, 0.3) is 0 Å². The predicted molar refractivity (Wildman–Crippen MR) is 156 cm³/mol. The van der Waals surface area contributed by atoms with Crippen molar-refractivity contribution in [2.24, 2.45) is 0 Å². The Kier molecular flexibility index (Phi) is 6.82. The summed E-state index contributed by atoms with van der Waals surface area (Å²) in [6.45, 7) is 4.23. The fraction of sp³-hybridized carbons (Fsp3) is 0.185. The summed E-state index contributed by atoms with van der Waals surface area (Å²) in [7, 11) is -3.37. The third kappa shape index (κ3) is 5.14. The molecule has 3 heterocycles. The summed E-state index contributed by atoms with van der Waals surface area (Å²) in [6, 6.07) is 23.2. The number of anilines is 2. The second-order valence-corrected chi connectivity index (χ2v) is 12.1. The van der Waals surface area contributed by atoms with E-state index in [2.05, 4.69) is 72.5 Å². The van der Waals surface area contributed by atoms with Gasteiger partial charge in [-0.05, 0) is 98.4 Å². The Morgan fingerprint density at radius 3 is 2.30 bits per heavy atom. The van der Waals surface area contributed by atoms with Crippen molar-refractivity contribution < 1.29 is 8.42 Å². The lowest BCUT2D eigenvalue weighted by molar-refractivity contribution is 0.565. The molecule has 0 amide bonds. The van der Waals surface area contributed by atoms with Crippen LogP contribution in [0.5, 0.6) is 0 Å². The molecule has 2 aromatic carbocycles. The Morgan fingerprint density at radius 2 is 1.68 bits per heavy atom. The van der Waals surface area contributed by atoms with Gasteiger partial charge in [0.2, 0.25) is 10.0 Å². The van der Waals surface area contributed by atoms with Crippen molar-refractivity contribution in [2.75, 3.05) is 15.9 Å². The maximum absolute atomic E-state index is 11.7. The van der Waals surface area contributed by atoms with E-state index >= 15 is 0 Å². The highest BCUT2D eigenvalue weighted by Crippen LogP contribution is 2.44. The van der Waals surface area contributed by atoms with Crippen LogP contribution >= 0.6 is 28.1 Å². The topological polar surface area (TPSA) is 79.3 Å². The van der Waals surface area contributed by atoms with E-state index in [1.54, 1.807) is 18.3 Å². The van der Waals surface area contributed by atoms with Gasteiger partial charge >= 0.3 is 0 Å². The van der Waals surface area contributed by atoms with E-state index in [9.17, 15) is 8.42 Å². The zero-order valence-electron chi connectivity index (χ0n) is 20.5. The van der Waals surface area contributed by atoms with Gasteiger partial charge in [-0.3, -0.25) is 9.71 Å². The molecule has 4 aromatic rings. The summed E-state index contributed by atoms with van der Waals surface area (Å²) in [4.78, 5) is 6.73. The van der Waals surface area contributed by atoms with Crippen LogP contribution in [0.3, 0.4) is 0 Å². The first kappa shape index (κ1) is 25.4. The highest BCUT2D eigenvalue weighted by Gasteiger charge is 2.42. The number of rotatable bonds is 6. The minimum absolute atomic E-state index is 0.175. The maximum atomic E-state index is 11.7. The van der Waals surface area contributed by atoms with Crippen LogP contribution in [-0.4, -0.2) is 29.3 Å². The number of aromatic nitrogens is 2. The highest BCUT2D eigenvalue weighted by molar-refractivity contribution is 9.10. The number of halogens is 1. The number of aryl methyl sites for hydroxylation is 1. The molecule has 37 heavy (non-hydrogen) atoms. The molecule has 0 saturated carbocycles. The molecule has 190 valence electrons. The lowest BCUT2D eigenvalue weighted by Crippen LogP contribution is -2.29. The third-order valence-electron chi connectivity index (χ3n) is 6.42. The van der Waals surface area contributed by atoms with E-state index in [4.69, 9.17) is 12.2 Å². The lowest BCUT2D eigenvalue weighted by atomic mass is 9.96. The fourth-order valence-corrected chi connectivity index (χ4v) is 6.10. The predicted octanol–water partition coefficient (Wildman–Crippen LogP) is 5.80. The molecule has 1 saturated heterocycles. The Bertz CT molecular complexity index is 1550. The number of hydrogen-bond acceptors (Lipinski definition) is 4. The summed E-state index contributed by atoms with van der Waals surface area (Å²) >= 11 is 9.38. The van der Waals surface area contributed by atoms with Crippen molar-refractivity contribution in [1.29, 1.82) is 0 Å². The zero-order chi connectivity index (χ0) is 26.3. The first-order chi connectivity index (χ1) is 17.6. The number of nitrogens with one attached hydrogen (secondary N) is 2. The van der Waals surface area contributed by atoms with Crippen molar-refractivity contribution in [3.05, 3.63) is 106 Å². The molecule has 0 spiro atoms. The number of hydrogen-bond donors (Lipinski definition) is 2. The van der Waals surface area contributed by atoms with Crippen LogP contribution in [-0.2, 0) is 10.0 Å². The monoisotopic (exact) mass is 595 g/mol. The molecule has 0 radical (unpaired) electrons. The van der Waals surface area contributed by atoms with Crippen LogP contribution in [0.4, 0.5) is 11.4 Å². The summed E-state index contributed by atoms with van der Waals surface area (Å²) in [6.07, 6.45) is 2.92. The first-order valence-electron chi connectivity index (χ1n) is 11.7. The van der Waals surface area contributed by atoms with Gasteiger partial charge in [0.15, 0.2) is 5.11 Å². The molecular weight excluding hydrogens is 570 g/mol. The Labute approximate surface area is 230 Å². The van der Waals surface area contributed by atoms with Crippen molar-refractivity contribution in [3.8, 4) is 5.69 Å². The van der Waals surface area contributed by atoms with Crippen LogP contribution in [0.15, 0.2) is 83.5 Å². The van der Waals surface area contributed by atoms with Crippen LogP contribution in [0.2, 0.25) is 0 Å². The Balaban J connectivity index is 1.62. The molecular formula is C27H26BrN5O2S2. The Hall–Kier alpha value is -3.21. The Morgan fingerprint density at radius 1 is 1.00 bits per heavy atom. The number of thiocarbonyl (C=S) groups is 1. The number of sulfonamides is 1. The molecule has 0 aliphatic carbocycles. The van der Waals surface area contributed by atoms with Gasteiger partial charge in [-0.2, -0.15) is 0 Å². The summed E-state index contributed by atoms with van der Waals surface area (Å²) in [5.74, 6) is 0. The molecule has 2 N–H and O–H groups in total. The van der Waals surface area contributed by atoms with Gasteiger partial charge < -0.3 is 14.8 Å². The summed E-state index contributed by atoms with van der Waals surface area (Å²) < 4.78 is 29.1. The van der Waals surface area contributed by atoms with E-state index < -0.39 is 10.0 Å². The summed E-state index contributed by atoms with van der Waals surface area (Å²) in [5, 5.41) is 4.07. The molecule has 0 bridgehead atoms. The van der Waals surface area contributed by atoms with Crippen LogP contribution in [0, 0.1) is 13.8 Å². The van der Waals surface area contributed by atoms with Crippen molar-refractivity contribution in [2.45, 2.75) is 25.9 Å². The molecule has 1 fully saturated rings. The van der Waals surface area contributed by atoms with E-state index in [0.29, 0.717) is 10.8 Å². The SMILES string of the molecule is Cc1cc([C@H]2[C@H](c3ccccn3)NC(=S)N2c2ccc(NS(C)(=O)=O)cc2)c(C)n1-c1ccc(Br)cc1. The quantitative estimate of drug-likeness (QED) is 0.274. The molecule has 2 atom stereocenters. The van der Waals surface area contributed by atoms with Gasteiger partial charge in [0.1, 0.15) is 0 Å². The second-order valence-electron chi connectivity index (χ2n) is 9.06. The van der Waals surface area contributed by atoms with Gasteiger partial charge in [-0.1, -0.05) is 22.0 Å². The second kappa shape index (κ2) is 9.92. The van der Waals surface area contributed by atoms with Crippen LogP contribution in [0.1, 0.15) is 34.7 Å². The molecule has 7 nitrogen and oxygen atoms in total. The fourth-order valence-electron chi connectivity index (χ4n) is 4.93. The average Bonchev–Trinajstić information content (AvgIpc) is 3.35. The van der Waals surface area contributed by atoms with Crippen molar-refractivity contribution >= 4 is 54.7 Å². The molecule has 10 heteroatoms. The van der Waals surface area contributed by atoms with Crippen LogP contribution < -0.4 is 14.9 Å². The third-order valence-corrected chi connectivity index (χ3v) is 7.87. The smallest absolute Gasteiger partial charge is 0.229 e. The number of benzene rings is 2. The first-order valence-corrected chi connectivity index (χ1v) is 14.7. The van der Waals surface area contributed by atoms with Gasteiger partial charge in [0.05, 0.1) is 24.0 Å². The van der Waals surface area contributed by atoms with E-state index in [1.165, 1.54) is 0 Å². The van der Waals surface area contributed by atoms with E-state index in [-0.39, 0.29) is 12.1 Å². The molecule has 0 unspecified atom stereocenters. The number of pyridine rings is 1. The largest absolute Gasteiger partial charge is 0.351 e. The maximum Gasteiger partial charge on any atom is 0.229 e. The minimum atomic E-state index is -3.37. The average molecular weight is 597 g/mol. The van der Waals surface area contributed by atoms with Gasteiger partial charge in [-0.25, -0.2) is 8.42 Å². The summed E-state index contributed by atoms with van der Waals surface area (Å²) in [5.41, 5.74) is 6.67. The van der Waals surface area contributed by atoms with Crippen LogP contribution in [0.25, 0.3) is 5.69 Å². The standard InChI is InChI=1S/C27H26BrN5O2S2/c1-17-16-23(18(2)32(17)21-11-7-19(28)8-12-21)26-25(24-6-4-5-15-29-24)30-27(36)33(26)22-13-9-20(10-14-22)31-37(3,34)35/h4-16,25-26,31H,1-3H3,(H,30,36)/t25-,26-/m0/s1. The van der Waals surface area contributed by atoms with Crippen molar-refractivity contribution in [3.63, 3.8) is 0 Å². The molecule has 1 aliphatic heterocycles. The molecule has 2 aromatic heterocycles. The van der Waals surface area contributed by atoms with Gasteiger partial charge in [0, 0.05) is 39.1 Å². The van der Waals surface area contributed by atoms with Crippen molar-refractivity contribution in [1.82, 2.24) is 14.9 Å². The highest BCUT2D eigenvalue weighted by atomic mass is 79.9. The zero-order valence-corrected chi connectivity index (χ0v) is 23.7. The molecule has 1 aliphatic rings. The van der Waals surface area contributed by atoms with E-state index in [1.807, 2.05) is 42.5 Å². The minimum Gasteiger partial charge on any atom is -0.351 e. The van der Waals surface area contributed by atoms with Gasteiger partial charge in [-0.15, -0.1) is 0 Å². The number of nitrogens with zero attached hydrogens (tertiary/aromatic N) is 3. The normalized spacial score (nSPS) is 17.6. The molecule has 5 rings (SSSR count).